The van der Waals surface area contributed by atoms with Crippen molar-refractivity contribution in [2.45, 2.75) is 6.04 Å². The number of carbonyl (C=O) groups is 2. The first-order valence-electron chi connectivity index (χ1n) is 7.81. The number of nitrogens with one attached hydrogen (secondary N) is 1. The van der Waals surface area contributed by atoms with Gasteiger partial charge >= 0.3 is 5.97 Å². The summed E-state index contributed by atoms with van der Waals surface area (Å²) in [5.74, 6) is -0.876. The van der Waals surface area contributed by atoms with Gasteiger partial charge < -0.3 is 14.5 Å². The van der Waals surface area contributed by atoms with Gasteiger partial charge in [0.2, 0.25) is 11.7 Å². The fourth-order valence-electron chi connectivity index (χ4n) is 2.91. The number of hydrogen-bond acceptors (Lipinski definition) is 8. The highest BCUT2D eigenvalue weighted by Gasteiger charge is 2.39. The van der Waals surface area contributed by atoms with Crippen LogP contribution in [0.5, 0.6) is 0 Å². The van der Waals surface area contributed by atoms with E-state index in [1.165, 1.54) is 24.1 Å². The van der Waals surface area contributed by atoms with Gasteiger partial charge in [0.1, 0.15) is 11.7 Å². The fourth-order valence-corrected chi connectivity index (χ4v) is 3.33. The Kier molecular flexibility index (Phi) is 4.32. The molecule has 27 heavy (non-hydrogen) atoms. The highest BCUT2D eigenvalue weighted by atomic mass is 79.9. The van der Waals surface area contributed by atoms with E-state index in [9.17, 15) is 9.59 Å². The van der Waals surface area contributed by atoms with Gasteiger partial charge in [0.05, 0.1) is 18.9 Å². The molecular weight excluding hydrogens is 418 g/mol. The van der Waals surface area contributed by atoms with Gasteiger partial charge in [0.25, 0.3) is 0 Å². The van der Waals surface area contributed by atoms with Gasteiger partial charge in [0, 0.05) is 4.47 Å². The molecule has 0 aliphatic carbocycles. The normalized spacial score (nSPS) is 15.9. The molecule has 2 aromatic heterocycles. The molecule has 1 aromatic carbocycles. The Morgan fingerprint density at radius 1 is 1.30 bits per heavy atom. The van der Waals surface area contributed by atoms with Crippen LogP contribution in [0.2, 0.25) is 0 Å². The number of benzene rings is 1. The average molecular weight is 430 g/mol. The molecule has 0 spiro atoms. The number of fused-ring (bicyclic) bond motifs is 1. The summed E-state index contributed by atoms with van der Waals surface area (Å²) in [7, 11) is 1.23. The largest absolute Gasteiger partial charge is 0.464 e. The molecule has 0 saturated carbocycles. The number of esters is 1. The van der Waals surface area contributed by atoms with Crippen molar-refractivity contribution >= 4 is 33.6 Å². The van der Waals surface area contributed by atoms with Crippen molar-refractivity contribution < 1.29 is 18.7 Å². The Labute approximate surface area is 161 Å². The lowest BCUT2D eigenvalue weighted by molar-refractivity contribution is -0.136. The van der Waals surface area contributed by atoms with Crippen LogP contribution in [0.3, 0.4) is 0 Å². The standard InChI is InChI=1S/C17H12BrN5O4/c1-26-16(25)13-12(15(24)11-6-3-7-27-11)14(9-4-2-5-10(18)8-9)23-17(19-13)20-21-22-23/h2-8,14H,1H3,(H,19,20,22)/t14-/m1/s1. The molecule has 136 valence electrons. The van der Waals surface area contributed by atoms with Crippen molar-refractivity contribution in [2.75, 3.05) is 12.4 Å². The first-order chi connectivity index (χ1) is 13.1. The number of furan rings is 1. The zero-order chi connectivity index (χ0) is 19.0. The molecule has 1 N–H and O–H groups in total. The number of ketones is 1. The minimum absolute atomic E-state index is 0.0359. The number of rotatable bonds is 4. The highest BCUT2D eigenvalue weighted by Crippen LogP contribution is 2.37. The molecule has 4 rings (SSSR count). The Bertz CT molecular complexity index is 1060. The van der Waals surface area contributed by atoms with Gasteiger partial charge in [-0.15, -0.1) is 0 Å². The fraction of sp³-hybridized carbons (Fsp3) is 0.118. The van der Waals surface area contributed by atoms with Crippen LogP contribution in [0.15, 0.2) is 62.8 Å². The van der Waals surface area contributed by atoms with Crippen molar-refractivity contribution in [2.24, 2.45) is 0 Å². The third kappa shape index (κ3) is 2.93. The number of ether oxygens (including phenoxy) is 1. The summed E-state index contributed by atoms with van der Waals surface area (Å²) in [6, 6.07) is 9.68. The minimum atomic E-state index is -0.750. The molecule has 0 bridgehead atoms. The van der Waals surface area contributed by atoms with E-state index in [0.717, 1.165) is 4.47 Å². The second kappa shape index (κ2) is 6.80. The summed E-state index contributed by atoms with van der Waals surface area (Å²) in [4.78, 5) is 25.6. The van der Waals surface area contributed by atoms with E-state index in [1.807, 2.05) is 24.3 Å². The molecule has 9 nitrogen and oxygen atoms in total. The van der Waals surface area contributed by atoms with Crippen LogP contribution in [-0.2, 0) is 9.53 Å². The van der Waals surface area contributed by atoms with Gasteiger partial charge in [-0.2, -0.15) is 4.68 Å². The summed E-state index contributed by atoms with van der Waals surface area (Å²) in [6.07, 6.45) is 1.39. The van der Waals surface area contributed by atoms with Gasteiger partial charge in [-0.3, -0.25) is 4.79 Å². The smallest absolute Gasteiger partial charge is 0.355 e. The molecule has 1 aliphatic rings. The third-order valence-electron chi connectivity index (χ3n) is 4.06. The van der Waals surface area contributed by atoms with Crippen LogP contribution in [0.25, 0.3) is 0 Å². The van der Waals surface area contributed by atoms with E-state index >= 15 is 0 Å². The lowest BCUT2D eigenvalue weighted by Gasteiger charge is -2.27. The maximum absolute atomic E-state index is 13.2. The zero-order valence-corrected chi connectivity index (χ0v) is 15.5. The van der Waals surface area contributed by atoms with Crippen molar-refractivity contribution in [3.63, 3.8) is 0 Å². The van der Waals surface area contributed by atoms with Crippen LogP contribution >= 0.6 is 15.9 Å². The number of halogens is 1. The van der Waals surface area contributed by atoms with Crippen molar-refractivity contribution in [3.05, 3.63) is 69.7 Å². The molecule has 0 fully saturated rings. The summed E-state index contributed by atoms with van der Waals surface area (Å²) in [5, 5.41) is 14.3. The molecule has 1 atom stereocenters. The average Bonchev–Trinajstić information content (AvgIpc) is 3.36. The van der Waals surface area contributed by atoms with E-state index in [-0.39, 0.29) is 23.0 Å². The van der Waals surface area contributed by atoms with Gasteiger partial charge in [-0.05, 0) is 40.3 Å². The molecule has 0 radical (unpaired) electrons. The van der Waals surface area contributed by atoms with E-state index < -0.39 is 17.8 Å². The highest BCUT2D eigenvalue weighted by molar-refractivity contribution is 9.10. The van der Waals surface area contributed by atoms with Crippen LogP contribution in [0.4, 0.5) is 5.95 Å². The van der Waals surface area contributed by atoms with E-state index in [2.05, 4.69) is 36.8 Å². The number of methoxy groups -OCH3 is 1. The SMILES string of the molecule is COC(=O)C1=C(C(=O)c2ccco2)[C@@H](c2cccc(Br)c2)n2nnnc2N1. The van der Waals surface area contributed by atoms with Crippen molar-refractivity contribution in [3.8, 4) is 0 Å². The minimum Gasteiger partial charge on any atom is -0.464 e. The van der Waals surface area contributed by atoms with Crippen molar-refractivity contribution in [1.29, 1.82) is 0 Å². The number of anilines is 1. The van der Waals surface area contributed by atoms with E-state index in [0.29, 0.717) is 5.56 Å². The molecule has 0 saturated heterocycles. The van der Waals surface area contributed by atoms with Crippen molar-refractivity contribution in [1.82, 2.24) is 20.2 Å². The summed E-state index contributed by atoms with van der Waals surface area (Å²) in [5.41, 5.74) is 0.789. The molecule has 0 amide bonds. The molecule has 3 aromatic rings. The number of allylic oxidation sites excluding steroid dienone is 1. The lowest BCUT2D eigenvalue weighted by atomic mass is 9.91. The van der Waals surface area contributed by atoms with Crippen LogP contribution in [-0.4, -0.2) is 39.1 Å². The van der Waals surface area contributed by atoms with Gasteiger partial charge in [-0.25, -0.2) is 4.79 Å². The van der Waals surface area contributed by atoms with Crippen LogP contribution in [0, 0.1) is 0 Å². The zero-order valence-electron chi connectivity index (χ0n) is 13.9. The van der Waals surface area contributed by atoms with Crippen LogP contribution < -0.4 is 5.32 Å². The number of aromatic nitrogens is 4. The van der Waals surface area contributed by atoms with Crippen LogP contribution in [0.1, 0.15) is 22.2 Å². The number of nitrogens with zero attached hydrogens (tertiary/aromatic N) is 4. The maximum Gasteiger partial charge on any atom is 0.355 e. The van der Waals surface area contributed by atoms with Gasteiger partial charge in [-0.1, -0.05) is 33.2 Å². The molecule has 10 heteroatoms. The predicted molar refractivity (Wildman–Crippen MR) is 95.8 cm³/mol. The number of hydrogen-bond donors (Lipinski definition) is 1. The lowest BCUT2D eigenvalue weighted by Crippen LogP contribution is -2.32. The molecule has 0 unspecified atom stereocenters. The Hall–Kier alpha value is -3.27. The Morgan fingerprint density at radius 3 is 2.85 bits per heavy atom. The maximum atomic E-state index is 13.2. The van der Waals surface area contributed by atoms with Gasteiger partial charge in [0.15, 0.2) is 5.76 Å². The quantitative estimate of drug-likeness (QED) is 0.496. The summed E-state index contributed by atoms with van der Waals surface area (Å²) < 4.78 is 12.3. The number of carbonyl (C=O) groups excluding carboxylic acids is 2. The monoisotopic (exact) mass is 429 g/mol. The Morgan fingerprint density at radius 2 is 2.15 bits per heavy atom. The first-order valence-corrected chi connectivity index (χ1v) is 8.60. The summed E-state index contributed by atoms with van der Waals surface area (Å²) >= 11 is 3.43. The van der Waals surface area contributed by atoms with E-state index in [1.54, 1.807) is 6.07 Å². The third-order valence-corrected chi connectivity index (χ3v) is 4.55. The Balaban J connectivity index is 1.97. The molecule has 1 aliphatic heterocycles. The summed E-state index contributed by atoms with van der Waals surface area (Å²) in [6.45, 7) is 0. The molecular formula is C17H12BrN5O4. The topological polar surface area (TPSA) is 112 Å². The second-order valence-corrected chi connectivity index (χ2v) is 6.53. The molecule has 3 heterocycles. The number of tetrazole rings is 1. The predicted octanol–water partition coefficient (Wildman–Crippen LogP) is 2.35. The van der Waals surface area contributed by atoms with E-state index in [4.69, 9.17) is 9.15 Å². The number of Topliss-reactive ketones (excluding diaryl/α,β-unsaturated/α-hetero) is 1. The second-order valence-electron chi connectivity index (χ2n) is 5.62. The first kappa shape index (κ1) is 17.2.